The Labute approximate surface area is 193 Å². The summed E-state index contributed by atoms with van der Waals surface area (Å²) in [7, 11) is 0. The fourth-order valence-corrected chi connectivity index (χ4v) is 6.68. The molecule has 0 saturated heterocycles. The van der Waals surface area contributed by atoms with Crippen molar-refractivity contribution < 1.29 is 14.7 Å². The van der Waals surface area contributed by atoms with Gasteiger partial charge in [0.2, 0.25) is 0 Å². The minimum atomic E-state index is -0.329. The summed E-state index contributed by atoms with van der Waals surface area (Å²) in [5.41, 5.74) is 0.985. The molecule has 0 aliphatic heterocycles. The van der Waals surface area contributed by atoms with Gasteiger partial charge in [-0.05, 0) is 81.5 Å². The van der Waals surface area contributed by atoms with Crippen LogP contribution in [0, 0.1) is 18.8 Å². The third kappa shape index (κ3) is 4.44. The predicted molar refractivity (Wildman–Crippen MR) is 124 cm³/mol. The van der Waals surface area contributed by atoms with Crippen LogP contribution < -0.4 is 16.0 Å². The molecule has 0 radical (unpaired) electrons. The van der Waals surface area contributed by atoms with Gasteiger partial charge in [0.15, 0.2) is 0 Å². The van der Waals surface area contributed by atoms with Gasteiger partial charge in [0, 0.05) is 23.3 Å². The summed E-state index contributed by atoms with van der Waals surface area (Å²) < 4.78 is 0. The second-order valence-corrected chi connectivity index (χ2v) is 10.2. The largest absolute Gasteiger partial charge is 0.395 e. The van der Waals surface area contributed by atoms with Gasteiger partial charge in [-0.25, -0.2) is 9.97 Å². The monoisotopic (exact) mass is 449 g/mol. The predicted octanol–water partition coefficient (Wildman–Crippen LogP) is 2.44. The minimum Gasteiger partial charge on any atom is -0.395 e. The van der Waals surface area contributed by atoms with Crippen LogP contribution in [0.5, 0.6) is 0 Å². The lowest BCUT2D eigenvalue weighted by atomic mass is 9.49. The molecule has 8 heteroatoms. The molecule has 2 aromatic heterocycles. The number of aliphatic hydroxyl groups is 1. The molecule has 0 spiro atoms. The third-order valence-corrected chi connectivity index (χ3v) is 7.34. The first-order chi connectivity index (χ1) is 15.9. The van der Waals surface area contributed by atoms with Crippen LogP contribution in [0.4, 0.5) is 5.82 Å². The van der Waals surface area contributed by atoms with Gasteiger partial charge in [-0.15, -0.1) is 0 Å². The van der Waals surface area contributed by atoms with Crippen molar-refractivity contribution in [1.29, 1.82) is 0 Å². The quantitative estimate of drug-likeness (QED) is 0.516. The molecule has 4 N–H and O–H groups in total. The minimum absolute atomic E-state index is 0.00410. The Bertz CT molecular complexity index is 1060. The van der Waals surface area contributed by atoms with Crippen LogP contribution >= 0.6 is 0 Å². The van der Waals surface area contributed by atoms with Gasteiger partial charge in [-0.1, -0.05) is 12.1 Å². The van der Waals surface area contributed by atoms with Crippen LogP contribution in [0.3, 0.4) is 0 Å². The molecule has 174 valence electrons. The number of aryl methyl sites for hydroxylation is 1. The normalized spacial score (nSPS) is 29.5. The number of amides is 2. The molecule has 4 aliphatic carbocycles. The van der Waals surface area contributed by atoms with Crippen molar-refractivity contribution >= 4 is 17.6 Å². The Balaban J connectivity index is 1.34. The Morgan fingerprint density at radius 1 is 0.939 bits per heavy atom. The number of hydrogen-bond acceptors (Lipinski definition) is 6. The number of nitrogens with zero attached hydrogens (tertiary/aromatic N) is 2. The molecule has 2 unspecified atom stereocenters. The zero-order valence-corrected chi connectivity index (χ0v) is 18.9. The topological polar surface area (TPSA) is 116 Å². The molecule has 4 saturated carbocycles. The fourth-order valence-electron chi connectivity index (χ4n) is 6.68. The summed E-state index contributed by atoms with van der Waals surface area (Å²) in [4.78, 5) is 35.1. The first-order valence-corrected chi connectivity index (χ1v) is 11.8. The van der Waals surface area contributed by atoms with E-state index in [1.54, 1.807) is 24.3 Å². The van der Waals surface area contributed by atoms with E-state index in [-0.39, 0.29) is 29.5 Å². The maximum Gasteiger partial charge on any atom is 0.270 e. The van der Waals surface area contributed by atoms with E-state index in [0.717, 1.165) is 44.2 Å². The van der Waals surface area contributed by atoms with E-state index in [0.29, 0.717) is 35.6 Å². The molecule has 0 aromatic carbocycles. The van der Waals surface area contributed by atoms with Crippen LogP contribution in [0.2, 0.25) is 0 Å². The van der Waals surface area contributed by atoms with E-state index in [1.807, 2.05) is 19.1 Å². The molecular weight excluding hydrogens is 418 g/mol. The van der Waals surface area contributed by atoms with Gasteiger partial charge in [0.25, 0.3) is 11.8 Å². The van der Waals surface area contributed by atoms with Crippen LogP contribution in [0.25, 0.3) is 0 Å². The standard InChI is InChI=1S/C25H31N5O3/c1-16-4-2-5-19(27-16)22(32)29-24-11-17-10-18(12-24)14-25(13-17,15-24)30-23(33)20-6-3-7-21(28-20)26-8-9-31/h2-7,17-18,31H,8-15H2,1H3,(H,26,28)(H,29,32)(H,30,33). The average molecular weight is 450 g/mol. The van der Waals surface area contributed by atoms with Crippen molar-refractivity contribution in [3.63, 3.8) is 0 Å². The number of rotatable bonds is 7. The molecule has 2 heterocycles. The van der Waals surface area contributed by atoms with Gasteiger partial charge >= 0.3 is 0 Å². The summed E-state index contributed by atoms with van der Waals surface area (Å²) in [6.45, 7) is 2.26. The molecule has 4 fully saturated rings. The zero-order valence-electron chi connectivity index (χ0n) is 18.9. The smallest absolute Gasteiger partial charge is 0.270 e. The first kappa shape index (κ1) is 21.8. The van der Waals surface area contributed by atoms with E-state index in [1.165, 1.54) is 0 Å². The number of pyridine rings is 2. The number of anilines is 1. The highest BCUT2D eigenvalue weighted by molar-refractivity contribution is 5.94. The van der Waals surface area contributed by atoms with Gasteiger partial charge in [-0.2, -0.15) is 0 Å². The number of carbonyl (C=O) groups excluding carboxylic acids is 2. The van der Waals surface area contributed by atoms with Crippen molar-refractivity contribution in [3.8, 4) is 0 Å². The number of nitrogens with one attached hydrogen (secondary N) is 3. The highest BCUT2D eigenvalue weighted by Gasteiger charge is 2.58. The molecule has 6 rings (SSSR count). The summed E-state index contributed by atoms with van der Waals surface area (Å²) in [6, 6.07) is 10.8. The van der Waals surface area contributed by atoms with Crippen LogP contribution in [0.15, 0.2) is 36.4 Å². The zero-order chi connectivity index (χ0) is 23.1. The van der Waals surface area contributed by atoms with E-state index >= 15 is 0 Å². The summed E-state index contributed by atoms with van der Waals surface area (Å²) >= 11 is 0. The Kier molecular flexibility index (Phi) is 5.56. The maximum absolute atomic E-state index is 13.2. The van der Waals surface area contributed by atoms with E-state index in [4.69, 9.17) is 5.11 Å². The third-order valence-electron chi connectivity index (χ3n) is 7.34. The lowest BCUT2D eigenvalue weighted by Gasteiger charge is -2.62. The Morgan fingerprint density at radius 2 is 1.52 bits per heavy atom. The SMILES string of the molecule is Cc1cccc(C(=O)NC23CC4CC(C2)CC(NC(=O)c2cccc(NCCO)n2)(C4)C3)n1. The second-order valence-electron chi connectivity index (χ2n) is 10.2. The van der Waals surface area contributed by atoms with Crippen molar-refractivity contribution in [1.82, 2.24) is 20.6 Å². The Hall–Kier alpha value is -3.00. The van der Waals surface area contributed by atoms with Crippen molar-refractivity contribution in [2.24, 2.45) is 11.8 Å². The van der Waals surface area contributed by atoms with Crippen LogP contribution in [-0.4, -0.2) is 51.1 Å². The first-order valence-electron chi connectivity index (χ1n) is 11.8. The fraction of sp³-hybridized carbons (Fsp3) is 0.520. The van der Waals surface area contributed by atoms with Gasteiger partial charge < -0.3 is 21.1 Å². The van der Waals surface area contributed by atoms with Crippen molar-refractivity contribution in [2.75, 3.05) is 18.5 Å². The van der Waals surface area contributed by atoms with Crippen molar-refractivity contribution in [3.05, 3.63) is 53.5 Å². The van der Waals surface area contributed by atoms with Gasteiger partial charge in [-0.3, -0.25) is 9.59 Å². The van der Waals surface area contributed by atoms with E-state index in [9.17, 15) is 9.59 Å². The highest BCUT2D eigenvalue weighted by Crippen LogP contribution is 2.57. The molecule has 33 heavy (non-hydrogen) atoms. The van der Waals surface area contributed by atoms with E-state index < -0.39 is 0 Å². The maximum atomic E-state index is 13.2. The lowest BCUT2D eigenvalue weighted by molar-refractivity contribution is -0.0449. The Morgan fingerprint density at radius 3 is 2.09 bits per heavy atom. The van der Waals surface area contributed by atoms with Crippen molar-refractivity contribution in [2.45, 2.75) is 56.5 Å². The number of aliphatic hydroxyl groups excluding tert-OH is 1. The number of aromatic nitrogens is 2. The molecule has 8 nitrogen and oxygen atoms in total. The molecule has 2 aromatic rings. The van der Waals surface area contributed by atoms with Crippen LogP contribution in [0.1, 0.15) is 65.2 Å². The van der Waals surface area contributed by atoms with Crippen LogP contribution in [-0.2, 0) is 0 Å². The second kappa shape index (κ2) is 8.41. The number of hydrogen-bond donors (Lipinski definition) is 4. The summed E-state index contributed by atoms with van der Waals surface area (Å²) in [6.07, 6.45) is 5.69. The highest BCUT2D eigenvalue weighted by atomic mass is 16.3. The van der Waals surface area contributed by atoms with E-state index in [2.05, 4.69) is 25.9 Å². The van der Waals surface area contributed by atoms with Gasteiger partial charge in [0.1, 0.15) is 17.2 Å². The summed E-state index contributed by atoms with van der Waals surface area (Å²) in [5, 5.41) is 18.7. The number of carbonyl (C=O) groups is 2. The molecule has 4 aliphatic rings. The lowest BCUT2D eigenvalue weighted by Crippen LogP contribution is -2.70. The molecule has 2 amide bonds. The van der Waals surface area contributed by atoms with Gasteiger partial charge in [0.05, 0.1) is 6.61 Å². The average Bonchev–Trinajstić information content (AvgIpc) is 2.76. The summed E-state index contributed by atoms with van der Waals surface area (Å²) in [5.74, 6) is 1.22. The molecular formula is C25H31N5O3. The molecule has 2 atom stereocenters. The molecule has 4 bridgehead atoms.